The van der Waals surface area contributed by atoms with Gasteiger partial charge in [0.1, 0.15) is 12.4 Å². The Morgan fingerprint density at radius 2 is 1.50 bits per heavy atom. The molecule has 0 aromatic heterocycles. The maximum Gasteiger partial charge on any atom is 0.119 e. The van der Waals surface area contributed by atoms with Crippen molar-refractivity contribution in [3.63, 3.8) is 0 Å². The average Bonchev–Trinajstić information content (AvgIpc) is 2.45. The lowest BCUT2D eigenvalue weighted by atomic mass is 10.1. The van der Waals surface area contributed by atoms with E-state index in [2.05, 4.69) is 12.1 Å². The van der Waals surface area contributed by atoms with Crippen molar-refractivity contribution < 1.29 is 9.84 Å². The minimum atomic E-state index is -0.426. The molecule has 0 bridgehead atoms. The third kappa shape index (κ3) is 4.22. The Morgan fingerprint density at radius 3 is 2.17 bits per heavy atom. The molecule has 2 aromatic carbocycles. The first-order valence-electron chi connectivity index (χ1n) is 6.24. The van der Waals surface area contributed by atoms with Crippen molar-refractivity contribution >= 4 is 0 Å². The molecule has 0 aliphatic rings. The van der Waals surface area contributed by atoms with Gasteiger partial charge in [-0.25, -0.2) is 0 Å². The van der Waals surface area contributed by atoms with E-state index in [0.29, 0.717) is 6.61 Å². The molecule has 1 atom stereocenters. The second kappa shape index (κ2) is 6.82. The van der Waals surface area contributed by atoms with Gasteiger partial charge < -0.3 is 9.84 Å². The number of hydrogen-bond donors (Lipinski definition) is 1. The number of aliphatic hydroxyl groups is 1. The Morgan fingerprint density at radius 1 is 0.889 bits per heavy atom. The van der Waals surface area contributed by atoms with Crippen molar-refractivity contribution in [2.45, 2.75) is 18.9 Å². The smallest absolute Gasteiger partial charge is 0.119 e. The zero-order chi connectivity index (χ0) is 12.6. The predicted octanol–water partition coefficient (Wildman–Crippen LogP) is 3.06. The SMILES string of the molecule is OC(CCc1ccccc1)COc1ccccc1. The molecule has 0 fully saturated rings. The van der Waals surface area contributed by atoms with Crippen LogP contribution in [-0.4, -0.2) is 17.8 Å². The standard InChI is InChI=1S/C16H18O2/c17-15(12-11-14-7-3-1-4-8-14)13-18-16-9-5-2-6-10-16/h1-10,15,17H,11-13H2. The molecule has 2 aromatic rings. The summed E-state index contributed by atoms with van der Waals surface area (Å²) in [5.41, 5.74) is 1.25. The molecule has 2 heteroatoms. The fourth-order valence-corrected chi connectivity index (χ4v) is 1.77. The summed E-state index contributed by atoms with van der Waals surface area (Å²) in [7, 11) is 0. The van der Waals surface area contributed by atoms with Crippen LogP contribution in [0.4, 0.5) is 0 Å². The molecule has 0 aliphatic carbocycles. The van der Waals surface area contributed by atoms with Crippen molar-refractivity contribution in [1.82, 2.24) is 0 Å². The van der Waals surface area contributed by atoms with Crippen LogP contribution in [0.15, 0.2) is 60.7 Å². The number of para-hydroxylation sites is 1. The van der Waals surface area contributed by atoms with Gasteiger partial charge in [-0.3, -0.25) is 0 Å². The summed E-state index contributed by atoms with van der Waals surface area (Å²) in [5, 5.41) is 9.85. The van der Waals surface area contributed by atoms with Crippen LogP contribution in [0.3, 0.4) is 0 Å². The first-order chi connectivity index (χ1) is 8.84. The quantitative estimate of drug-likeness (QED) is 0.843. The van der Waals surface area contributed by atoms with E-state index in [1.165, 1.54) is 5.56 Å². The van der Waals surface area contributed by atoms with Crippen LogP contribution in [0.25, 0.3) is 0 Å². The molecule has 2 rings (SSSR count). The third-order valence-corrected chi connectivity index (χ3v) is 2.79. The number of ether oxygens (including phenoxy) is 1. The molecule has 0 radical (unpaired) electrons. The van der Waals surface area contributed by atoms with Gasteiger partial charge in [0, 0.05) is 0 Å². The average molecular weight is 242 g/mol. The van der Waals surface area contributed by atoms with E-state index in [1.54, 1.807) is 0 Å². The van der Waals surface area contributed by atoms with Gasteiger partial charge in [0.05, 0.1) is 6.10 Å². The fourth-order valence-electron chi connectivity index (χ4n) is 1.77. The van der Waals surface area contributed by atoms with Crippen molar-refractivity contribution in [1.29, 1.82) is 0 Å². The summed E-state index contributed by atoms with van der Waals surface area (Å²) in [4.78, 5) is 0. The summed E-state index contributed by atoms with van der Waals surface area (Å²) in [6.45, 7) is 0.344. The summed E-state index contributed by atoms with van der Waals surface area (Å²) in [5.74, 6) is 0.802. The normalized spacial score (nSPS) is 12.1. The Labute approximate surface area is 108 Å². The topological polar surface area (TPSA) is 29.5 Å². The Bertz CT molecular complexity index is 396. The molecule has 1 N–H and O–H groups in total. The molecule has 0 saturated carbocycles. The lowest BCUT2D eigenvalue weighted by Crippen LogP contribution is -2.18. The maximum atomic E-state index is 9.85. The number of rotatable bonds is 6. The monoisotopic (exact) mass is 242 g/mol. The highest BCUT2D eigenvalue weighted by molar-refractivity contribution is 5.21. The lowest BCUT2D eigenvalue weighted by Gasteiger charge is -2.12. The summed E-state index contributed by atoms with van der Waals surface area (Å²) >= 11 is 0. The van der Waals surface area contributed by atoms with Crippen LogP contribution < -0.4 is 4.74 Å². The molecule has 0 spiro atoms. The summed E-state index contributed by atoms with van der Waals surface area (Å²) in [6, 6.07) is 19.8. The van der Waals surface area contributed by atoms with E-state index in [1.807, 2.05) is 48.5 Å². The number of aryl methyl sites for hydroxylation is 1. The second-order valence-electron chi connectivity index (χ2n) is 4.30. The van der Waals surface area contributed by atoms with Crippen LogP contribution in [0.1, 0.15) is 12.0 Å². The highest BCUT2D eigenvalue weighted by Gasteiger charge is 2.05. The summed E-state index contributed by atoms with van der Waals surface area (Å²) in [6.07, 6.45) is 1.17. The molecule has 2 nitrogen and oxygen atoms in total. The summed E-state index contributed by atoms with van der Waals surface area (Å²) < 4.78 is 5.51. The molecule has 94 valence electrons. The Balaban J connectivity index is 1.71. The lowest BCUT2D eigenvalue weighted by molar-refractivity contribution is 0.100. The molecular weight excluding hydrogens is 224 g/mol. The van der Waals surface area contributed by atoms with Crippen molar-refractivity contribution in [2.75, 3.05) is 6.61 Å². The first kappa shape index (κ1) is 12.7. The van der Waals surface area contributed by atoms with Crippen LogP contribution in [0, 0.1) is 0 Å². The number of hydrogen-bond acceptors (Lipinski definition) is 2. The van der Waals surface area contributed by atoms with Gasteiger partial charge >= 0.3 is 0 Å². The largest absolute Gasteiger partial charge is 0.491 e. The van der Waals surface area contributed by atoms with Gasteiger partial charge in [-0.2, -0.15) is 0 Å². The van der Waals surface area contributed by atoms with E-state index in [4.69, 9.17) is 4.74 Å². The van der Waals surface area contributed by atoms with Crippen LogP contribution in [0.2, 0.25) is 0 Å². The predicted molar refractivity (Wildman–Crippen MR) is 72.7 cm³/mol. The Hall–Kier alpha value is -1.80. The maximum absolute atomic E-state index is 9.85. The molecule has 0 amide bonds. The molecule has 0 heterocycles. The van der Waals surface area contributed by atoms with E-state index in [-0.39, 0.29) is 0 Å². The first-order valence-corrected chi connectivity index (χ1v) is 6.24. The second-order valence-corrected chi connectivity index (χ2v) is 4.30. The van der Waals surface area contributed by atoms with Gasteiger partial charge in [-0.1, -0.05) is 48.5 Å². The molecule has 18 heavy (non-hydrogen) atoms. The van der Waals surface area contributed by atoms with Gasteiger partial charge in [0.25, 0.3) is 0 Å². The molecule has 0 aliphatic heterocycles. The van der Waals surface area contributed by atoms with Crippen LogP contribution >= 0.6 is 0 Å². The van der Waals surface area contributed by atoms with Crippen LogP contribution in [0.5, 0.6) is 5.75 Å². The zero-order valence-corrected chi connectivity index (χ0v) is 10.3. The van der Waals surface area contributed by atoms with Gasteiger partial charge in [-0.15, -0.1) is 0 Å². The number of benzene rings is 2. The Kier molecular flexibility index (Phi) is 4.79. The van der Waals surface area contributed by atoms with E-state index < -0.39 is 6.10 Å². The van der Waals surface area contributed by atoms with Crippen molar-refractivity contribution in [3.05, 3.63) is 66.2 Å². The minimum absolute atomic E-state index is 0.344. The van der Waals surface area contributed by atoms with Crippen LogP contribution in [-0.2, 0) is 6.42 Å². The van der Waals surface area contributed by atoms with Gasteiger partial charge in [0.15, 0.2) is 0 Å². The van der Waals surface area contributed by atoms with Crippen molar-refractivity contribution in [2.24, 2.45) is 0 Å². The third-order valence-electron chi connectivity index (χ3n) is 2.79. The van der Waals surface area contributed by atoms with E-state index in [0.717, 1.165) is 18.6 Å². The van der Waals surface area contributed by atoms with Gasteiger partial charge in [-0.05, 0) is 30.5 Å². The van der Waals surface area contributed by atoms with Gasteiger partial charge in [0.2, 0.25) is 0 Å². The molecule has 0 saturated heterocycles. The highest BCUT2D eigenvalue weighted by Crippen LogP contribution is 2.10. The zero-order valence-electron chi connectivity index (χ0n) is 10.3. The van der Waals surface area contributed by atoms with E-state index >= 15 is 0 Å². The molecule has 1 unspecified atom stereocenters. The highest BCUT2D eigenvalue weighted by atomic mass is 16.5. The number of aliphatic hydroxyl groups excluding tert-OH is 1. The molecular formula is C16H18O2. The fraction of sp³-hybridized carbons (Fsp3) is 0.250. The van der Waals surface area contributed by atoms with Crippen molar-refractivity contribution in [3.8, 4) is 5.75 Å². The van der Waals surface area contributed by atoms with E-state index in [9.17, 15) is 5.11 Å². The minimum Gasteiger partial charge on any atom is -0.491 e.